The van der Waals surface area contributed by atoms with E-state index in [1.54, 1.807) is 38.1 Å². The van der Waals surface area contributed by atoms with Crippen LogP contribution in [0.15, 0.2) is 47.4 Å². The third-order valence-electron chi connectivity index (χ3n) is 5.40. The van der Waals surface area contributed by atoms with E-state index in [-0.39, 0.29) is 48.6 Å². The first-order chi connectivity index (χ1) is 15.5. The summed E-state index contributed by atoms with van der Waals surface area (Å²) in [5.41, 5.74) is 0.237. The van der Waals surface area contributed by atoms with E-state index in [0.29, 0.717) is 0 Å². The van der Waals surface area contributed by atoms with Gasteiger partial charge in [0.1, 0.15) is 17.7 Å². The molecule has 2 aromatic rings. The van der Waals surface area contributed by atoms with Crippen LogP contribution >= 0.6 is 11.6 Å². The van der Waals surface area contributed by atoms with Crippen molar-refractivity contribution in [2.45, 2.75) is 24.8 Å². The Morgan fingerprint density at radius 2 is 1.55 bits per heavy atom. The molecule has 178 valence electrons. The first kappa shape index (κ1) is 25.1. The molecule has 0 aromatic heterocycles. The first-order valence-corrected chi connectivity index (χ1v) is 12.1. The molecule has 2 aromatic carbocycles. The highest BCUT2D eigenvalue weighted by atomic mass is 35.5. The molecular weight excluding hydrogens is 476 g/mol. The van der Waals surface area contributed by atoms with Crippen molar-refractivity contribution in [2.75, 3.05) is 26.2 Å². The minimum Gasteiger partial charge on any atom is -0.340 e. The second-order valence-electron chi connectivity index (χ2n) is 7.96. The summed E-state index contributed by atoms with van der Waals surface area (Å²) in [7, 11) is -4.41. The Morgan fingerprint density at radius 3 is 2.09 bits per heavy atom. The second kappa shape index (κ2) is 10.1. The lowest BCUT2D eigenvalue weighted by atomic mass is 10.0. The molecule has 0 radical (unpaired) electrons. The Morgan fingerprint density at radius 1 is 0.970 bits per heavy atom. The molecule has 1 heterocycles. The van der Waals surface area contributed by atoms with Crippen molar-refractivity contribution in [1.29, 1.82) is 0 Å². The van der Waals surface area contributed by atoms with Crippen LogP contribution in [-0.2, 0) is 14.8 Å². The number of benzene rings is 2. The van der Waals surface area contributed by atoms with E-state index < -0.39 is 38.5 Å². The van der Waals surface area contributed by atoms with Crippen molar-refractivity contribution in [3.8, 4) is 0 Å². The van der Waals surface area contributed by atoms with Crippen molar-refractivity contribution < 1.29 is 26.8 Å². The highest BCUT2D eigenvalue weighted by Crippen LogP contribution is 2.24. The zero-order chi connectivity index (χ0) is 24.3. The van der Waals surface area contributed by atoms with Crippen LogP contribution in [0.5, 0.6) is 0 Å². The Bertz CT molecular complexity index is 1130. The molecular formula is C22H24ClF2N3O4S. The van der Waals surface area contributed by atoms with Crippen LogP contribution in [0.2, 0.25) is 5.02 Å². The van der Waals surface area contributed by atoms with Gasteiger partial charge < -0.3 is 10.2 Å². The number of piperazine rings is 1. The minimum atomic E-state index is -4.41. The number of amides is 2. The molecule has 0 saturated carbocycles. The van der Waals surface area contributed by atoms with Gasteiger partial charge in [-0.2, -0.15) is 4.31 Å². The molecule has 2 amide bonds. The van der Waals surface area contributed by atoms with Crippen molar-refractivity contribution in [3.63, 3.8) is 0 Å². The predicted octanol–water partition coefficient (Wildman–Crippen LogP) is 2.91. The van der Waals surface area contributed by atoms with Crippen LogP contribution in [0.4, 0.5) is 8.78 Å². The van der Waals surface area contributed by atoms with E-state index in [1.165, 1.54) is 4.90 Å². The molecule has 1 aliphatic heterocycles. The van der Waals surface area contributed by atoms with Gasteiger partial charge in [-0.25, -0.2) is 17.2 Å². The number of nitrogens with zero attached hydrogens (tertiary/aromatic N) is 2. The highest BCUT2D eigenvalue weighted by Gasteiger charge is 2.36. The molecule has 1 atom stereocenters. The molecule has 0 bridgehead atoms. The topological polar surface area (TPSA) is 86.8 Å². The standard InChI is InChI=1S/C22H24ClF2N3O4S/c1-14(2)19(26-21(29)15-6-3-4-7-16(15)23)22(30)27-10-12-28(13-11-27)33(31,32)20-17(24)8-5-9-18(20)25/h3-9,14,19H,10-13H2,1-2H3,(H,26,29). The molecule has 1 unspecified atom stereocenters. The van der Waals surface area contributed by atoms with Gasteiger partial charge in [-0.1, -0.05) is 43.6 Å². The Hall–Kier alpha value is -2.56. The number of hydrogen-bond acceptors (Lipinski definition) is 4. The van der Waals surface area contributed by atoms with E-state index in [1.807, 2.05) is 0 Å². The molecule has 11 heteroatoms. The summed E-state index contributed by atoms with van der Waals surface area (Å²) in [6.07, 6.45) is 0. The molecule has 33 heavy (non-hydrogen) atoms. The summed E-state index contributed by atoms with van der Waals surface area (Å²) in [6, 6.07) is 8.45. The van der Waals surface area contributed by atoms with Crippen molar-refractivity contribution in [1.82, 2.24) is 14.5 Å². The highest BCUT2D eigenvalue weighted by molar-refractivity contribution is 7.89. The van der Waals surface area contributed by atoms with E-state index >= 15 is 0 Å². The smallest absolute Gasteiger partial charge is 0.253 e. The summed E-state index contributed by atoms with van der Waals surface area (Å²) in [5.74, 6) is -3.46. The van der Waals surface area contributed by atoms with Crippen molar-refractivity contribution in [2.24, 2.45) is 5.92 Å². The summed E-state index contributed by atoms with van der Waals surface area (Å²) in [4.78, 5) is 26.2. The van der Waals surface area contributed by atoms with Crippen LogP contribution in [0.1, 0.15) is 24.2 Å². The Balaban J connectivity index is 1.70. The monoisotopic (exact) mass is 499 g/mol. The maximum absolute atomic E-state index is 14.0. The van der Waals surface area contributed by atoms with Crippen molar-refractivity contribution in [3.05, 3.63) is 64.7 Å². The maximum Gasteiger partial charge on any atom is 0.253 e. The van der Waals surface area contributed by atoms with Gasteiger partial charge in [0.25, 0.3) is 5.91 Å². The maximum atomic E-state index is 14.0. The fourth-order valence-electron chi connectivity index (χ4n) is 3.58. The lowest BCUT2D eigenvalue weighted by molar-refractivity contribution is -0.135. The largest absolute Gasteiger partial charge is 0.340 e. The molecule has 1 aliphatic rings. The van der Waals surface area contributed by atoms with Gasteiger partial charge in [-0.15, -0.1) is 0 Å². The number of nitrogens with one attached hydrogen (secondary N) is 1. The van der Waals surface area contributed by atoms with E-state index in [4.69, 9.17) is 11.6 Å². The average Bonchev–Trinajstić information content (AvgIpc) is 2.76. The van der Waals surface area contributed by atoms with Crippen LogP contribution in [0, 0.1) is 17.6 Å². The zero-order valence-corrected chi connectivity index (χ0v) is 19.7. The number of carbonyl (C=O) groups is 2. The van der Waals surface area contributed by atoms with Gasteiger partial charge in [-0.3, -0.25) is 9.59 Å². The second-order valence-corrected chi connectivity index (χ2v) is 10.2. The molecule has 1 N–H and O–H groups in total. The van der Waals surface area contributed by atoms with Crippen molar-refractivity contribution >= 4 is 33.4 Å². The van der Waals surface area contributed by atoms with Crippen LogP contribution < -0.4 is 5.32 Å². The number of hydrogen-bond donors (Lipinski definition) is 1. The third-order valence-corrected chi connectivity index (χ3v) is 7.69. The zero-order valence-electron chi connectivity index (χ0n) is 18.1. The van der Waals surface area contributed by atoms with Gasteiger partial charge in [0.15, 0.2) is 4.90 Å². The fourth-order valence-corrected chi connectivity index (χ4v) is 5.33. The molecule has 1 saturated heterocycles. The number of sulfonamides is 1. The molecule has 0 spiro atoms. The number of carbonyl (C=O) groups excluding carboxylic acids is 2. The number of halogens is 3. The van der Waals surface area contributed by atoms with Gasteiger partial charge in [0.2, 0.25) is 15.9 Å². The normalized spacial score (nSPS) is 16.0. The van der Waals surface area contributed by atoms with Gasteiger partial charge in [0, 0.05) is 26.2 Å². The first-order valence-electron chi connectivity index (χ1n) is 10.3. The summed E-state index contributed by atoms with van der Waals surface area (Å²) in [5, 5.41) is 2.96. The predicted molar refractivity (Wildman–Crippen MR) is 119 cm³/mol. The lowest BCUT2D eigenvalue weighted by Gasteiger charge is -2.36. The minimum absolute atomic E-state index is 0.0132. The fraction of sp³-hybridized carbons (Fsp3) is 0.364. The lowest BCUT2D eigenvalue weighted by Crippen LogP contribution is -2.57. The molecule has 0 aliphatic carbocycles. The van der Waals surface area contributed by atoms with Crippen LogP contribution in [0.3, 0.4) is 0 Å². The van der Waals surface area contributed by atoms with E-state index in [9.17, 15) is 26.8 Å². The quantitative estimate of drug-likeness (QED) is 0.662. The van der Waals surface area contributed by atoms with Crippen LogP contribution in [0.25, 0.3) is 0 Å². The van der Waals surface area contributed by atoms with Crippen LogP contribution in [-0.4, -0.2) is 61.7 Å². The van der Waals surface area contributed by atoms with E-state index in [2.05, 4.69) is 5.32 Å². The third kappa shape index (κ3) is 5.34. The van der Waals surface area contributed by atoms with Gasteiger partial charge >= 0.3 is 0 Å². The molecule has 1 fully saturated rings. The molecule has 7 nitrogen and oxygen atoms in total. The Kier molecular flexibility index (Phi) is 7.71. The summed E-state index contributed by atoms with van der Waals surface area (Å²) in [6.45, 7) is 3.31. The summed E-state index contributed by atoms with van der Waals surface area (Å²) < 4.78 is 54.5. The summed E-state index contributed by atoms with van der Waals surface area (Å²) >= 11 is 6.07. The SMILES string of the molecule is CC(C)C(NC(=O)c1ccccc1Cl)C(=O)N1CCN(S(=O)(=O)c2c(F)cccc2F)CC1. The molecule has 3 rings (SSSR count). The van der Waals surface area contributed by atoms with Gasteiger partial charge in [0.05, 0.1) is 10.6 Å². The Labute approximate surface area is 196 Å². The average molecular weight is 500 g/mol. The van der Waals surface area contributed by atoms with Gasteiger partial charge in [-0.05, 0) is 30.2 Å². The van der Waals surface area contributed by atoms with E-state index in [0.717, 1.165) is 22.5 Å². The number of rotatable bonds is 6.